The minimum absolute atomic E-state index is 0.153. The summed E-state index contributed by atoms with van der Waals surface area (Å²) in [5.41, 5.74) is -0.924. The van der Waals surface area contributed by atoms with Crippen molar-refractivity contribution in [3.8, 4) is 0 Å². The molecule has 1 aliphatic heterocycles. The molecule has 0 aromatic heterocycles. The lowest BCUT2D eigenvalue weighted by Gasteiger charge is -2.62. The number of rotatable bonds is 9. The summed E-state index contributed by atoms with van der Waals surface area (Å²) in [5, 5.41) is 11.1. The molecule has 1 N–H and O–H groups in total. The average Bonchev–Trinajstić information content (AvgIpc) is 3.14. The molecular formula is C30H42O10. The van der Waals surface area contributed by atoms with E-state index in [1.54, 1.807) is 6.08 Å². The average molecular weight is 563 g/mol. The van der Waals surface area contributed by atoms with Crippen LogP contribution in [-0.4, -0.2) is 59.9 Å². The van der Waals surface area contributed by atoms with Gasteiger partial charge in [0.1, 0.15) is 11.5 Å². The quantitative estimate of drug-likeness (QED) is 0.191. The van der Waals surface area contributed by atoms with Crippen LogP contribution < -0.4 is 0 Å². The van der Waals surface area contributed by atoms with Crippen LogP contribution in [0.5, 0.6) is 0 Å². The molecule has 2 fully saturated rings. The topological polar surface area (TPSA) is 135 Å². The first-order valence-electron chi connectivity index (χ1n) is 13.8. The Hall–Kier alpha value is -2.98. The van der Waals surface area contributed by atoms with E-state index in [1.165, 1.54) is 26.8 Å². The van der Waals surface area contributed by atoms with Gasteiger partial charge in [-0.05, 0) is 43.6 Å². The summed E-state index contributed by atoms with van der Waals surface area (Å²) in [6.07, 6.45) is 0.822. The van der Waals surface area contributed by atoms with Crippen LogP contribution >= 0.6 is 0 Å². The molecule has 0 unspecified atom stereocenters. The van der Waals surface area contributed by atoms with Gasteiger partial charge in [0.2, 0.25) is 12.6 Å². The largest absolute Gasteiger partial charge is 0.458 e. The standard InChI is InChI=1S/C30H42O10/c1-9-11-24(35)39-25-17(4)29(8,13-12-16(3)10-2)23-15-21(34)14-22-27(37-19(6)32)40-28(38-20(7)33)30(22,23)26(25)36-18(5)31/h10,12,14,17,21,23,25-28,34H,2,9,11,13,15H2,1,3-8H3/b16-12-/t17-,21+,23+,25-,26+,27+,28-,29-,30-/m1/s1. The molecule has 1 saturated heterocycles. The highest BCUT2D eigenvalue weighted by molar-refractivity contribution is 5.70. The number of ether oxygens (including phenoxy) is 5. The second-order valence-corrected chi connectivity index (χ2v) is 11.3. The van der Waals surface area contributed by atoms with Crippen molar-refractivity contribution < 1.29 is 48.0 Å². The van der Waals surface area contributed by atoms with Crippen LogP contribution in [0.15, 0.2) is 36.0 Å². The number of carbonyl (C=O) groups is 4. The Morgan fingerprint density at radius 1 is 1.07 bits per heavy atom. The number of allylic oxidation sites excluding steroid dienone is 3. The van der Waals surface area contributed by atoms with Gasteiger partial charge in [0.25, 0.3) is 0 Å². The smallest absolute Gasteiger partial charge is 0.306 e. The van der Waals surface area contributed by atoms with E-state index in [2.05, 4.69) is 6.58 Å². The fourth-order valence-electron chi connectivity index (χ4n) is 6.71. The second kappa shape index (κ2) is 12.3. The van der Waals surface area contributed by atoms with E-state index >= 15 is 0 Å². The minimum atomic E-state index is -1.44. The van der Waals surface area contributed by atoms with Gasteiger partial charge in [-0.1, -0.05) is 45.1 Å². The predicted molar refractivity (Wildman–Crippen MR) is 143 cm³/mol. The van der Waals surface area contributed by atoms with E-state index < -0.39 is 71.5 Å². The third-order valence-electron chi connectivity index (χ3n) is 8.66. The van der Waals surface area contributed by atoms with Crippen LogP contribution in [0.25, 0.3) is 0 Å². The van der Waals surface area contributed by atoms with E-state index in [1.807, 2.05) is 33.8 Å². The van der Waals surface area contributed by atoms with Crippen LogP contribution in [0.1, 0.15) is 74.1 Å². The summed E-state index contributed by atoms with van der Waals surface area (Å²) >= 11 is 0. The maximum Gasteiger partial charge on any atom is 0.306 e. The van der Waals surface area contributed by atoms with E-state index in [9.17, 15) is 24.3 Å². The molecular weight excluding hydrogens is 520 g/mol. The van der Waals surface area contributed by atoms with E-state index in [-0.39, 0.29) is 18.8 Å². The zero-order chi connectivity index (χ0) is 30.0. The molecule has 10 heteroatoms. The summed E-state index contributed by atoms with van der Waals surface area (Å²) in [7, 11) is 0. The molecule has 40 heavy (non-hydrogen) atoms. The Morgan fingerprint density at radius 2 is 1.70 bits per heavy atom. The number of aliphatic hydroxyl groups excluding tert-OH is 1. The molecule has 9 atom stereocenters. The van der Waals surface area contributed by atoms with Gasteiger partial charge in [-0.2, -0.15) is 0 Å². The highest BCUT2D eigenvalue weighted by Crippen LogP contribution is 2.68. The van der Waals surface area contributed by atoms with Crippen molar-refractivity contribution >= 4 is 23.9 Å². The highest BCUT2D eigenvalue weighted by Gasteiger charge is 2.75. The number of carbonyl (C=O) groups excluding carboxylic acids is 4. The molecule has 0 amide bonds. The third kappa shape index (κ3) is 5.74. The number of aliphatic hydroxyl groups is 1. The van der Waals surface area contributed by atoms with Crippen molar-refractivity contribution in [1.29, 1.82) is 0 Å². The van der Waals surface area contributed by atoms with Crippen LogP contribution in [0.2, 0.25) is 0 Å². The van der Waals surface area contributed by atoms with Crippen molar-refractivity contribution in [2.45, 2.75) is 105 Å². The van der Waals surface area contributed by atoms with Gasteiger partial charge < -0.3 is 24.1 Å². The van der Waals surface area contributed by atoms with E-state index in [0.717, 1.165) is 5.57 Å². The molecule has 3 rings (SSSR count). The molecule has 1 heterocycles. The first kappa shape index (κ1) is 31.5. The van der Waals surface area contributed by atoms with Gasteiger partial charge in [0, 0.05) is 38.7 Å². The molecule has 0 aromatic carbocycles. The van der Waals surface area contributed by atoms with Crippen LogP contribution in [0, 0.1) is 22.7 Å². The number of hydrogen-bond acceptors (Lipinski definition) is 10. The fraction of sp³-hybridized carbons (Fsp3) is 0.667. The molecule has 1 saturated carbocycles. The Bertz CT molecular complexity index is 1090. The van der Waals surface area contributed by atoms with Gasteiger partial charge in [-0.3, -0.25) is 23.9 Å². The molecule has 0 bridgehead atoms. The summed E-state index contributed by atoms with van der Waals surface area (Å²) in [4.78, 5) is 50.1. The molecule has 2 aliphatic carbocycles. The van der Waals surface area contributed by atoms with Crippen molar-refractivity contribution in [3.05, 3.63) is 36.0 Å². The van der Waals surface area contributed by atoms with E-state index in [0.29, 0.717) is 18.4 Å². The van der Waals surface area contributed by atoms with Crippen molar-refractivity contribution in [1.82, 2.24) is 0 Å². The van der Waals surface area contributed by atoms with Crippen molar-refractivity contribution in [2.24, 2.45) is 22.7 Å². The van der Waals surface area contributed by atoms with Gasteiger partial charge in [0.15, 0.2) is 6.10 Å². The highest BCUT2D eigenvalue weighted by atomic mass is 16.8. The molecule has 1 spiro atoms. The predicted octanol–water partition coefficient (Wildman–Crippen LogP) is 3.91. The molecule has 0 radical (unpaired) electrons. The fourth-order valence-corrected chi connectivity index (χ4v) is 6.71. The SMILES string of the molecule is C=C/C(C)=C\C[C@]1(C)[C@H](C)[C@@H](OC(=O)CCC)[C@H](OC(C)=O)[C@@]23C(=C[C@H](O)C[C@@H]12)[C@@H](OC(C)=O)O[C@H]3OC(C)=O. The summed E-state index contributed by atoms with van der Waals surface area (Å²) in [6, 6.07) is 0. The van der Waals surface area contributed by atoms with E-state index in [4.69, 9.17) is 23.7 Å². The lowest BCUT2D eigenvalue weighted by atomic mass is 9.44. The van der Waals surface area contributed by atoms with Crippen LogP contribution in [0.4, 0.5) is 0 Å². The zero-order valence-corrected chi connectivity index (χ0v) is 24.4. The third-order valence-corrected chi connectivity index (χ3v) is 8.66. The maximum atomic E-state index is 13.0. The molecule has 0 aromatic rings. The first-order valence-corrected chi connectivity index (χ1v) is 13.8. The van der Waals surface area contributed by atoms with Gasteiger partial charge >= 0.3 is 23.9 Å². The second-order valence-electron chi connectivity index (χ2n) is 11.3. The van der Waals surface area contributed by atoms with Crippen molar-refractivity contribution in [2.75, 3.05) is 0 Å². The lowest BCUT2D eigenvalue weighted by molar-refractivity contribution is -0.279. The Labute approximate surface area is 235 Å². The van der Waals surface area contributed by atoms with Gasteiger partial charge in [-0.15, -0.1) is 0 Å². The maximum absolute atomic E-state index is 13.0. The Kier molecular flexibility index (Phi) is 9.67. The Balaban J connectivity index is 2.38. The zero-order valence-electron chi connectivity index (χ0n) is 24.4. The molecule has 10 nitrogen and oxygen atoms in total. The minimum Gasteiger partial charge on any atom is -0.458 e. The van der Waals surface area contributed by atoms with Crippen LogP contribution in [0.3, 0.4) is 0 Å². The van der Waals surface area contributed by atoms with Gasteiger partial charge in [0.05, 0.1) is 6.10 Å². The van der Waals surface area contributed by atoms with Crippen molar-refractivity contribution in [3.63, 3.8) is 0 Å². The summed E-state index contributed by atoms with van der Waals surface area (Å²) in [6.45, 7) is 15.2. The Morgan fingerprint density at radius 3 is 2.25 bits per heavy atom. The van der Waals surface area contributed by atoms with Gasteiger partial charge in [-0.25, -0.2) is 0 Å². The summed E-state index contributed by atoms with van der Waals surface area (Å²) < 4.78 is 29.4. The monoisotopic (exact) mass is 562 g/mol. The number of hydrogen-bond donors (Lipinski definition) is 1. The molecule has 222 valence electrons. The van der Waals surface area contributed by atoms with Crippen LogP contribution in [-0.2, 0) is 42.9 Å². The normalized spacial score (nSPS) is 36.9. The number of esters is 4. The first-order chi connectivity index (χ1) is 18.7. The lowest BCUT2D eigenvalue weighted by Crippen LogP contribution is -2.69. The summed E-state index contributed by atoms with van der Waals surface area (Å²) in [5.74, 6) is -3.36. The molecule has 3 aliphatic rings.